The minimum atomic E-state index is -0.372. The number of H-pyrrole nitrogens is 2. The van der Waals surface area contributed by atoms with Crippen molar-refractivity contribution in [2.24, 2.45) is 5.16 Å². The number of hydrogen-bond acceptors (Lipinski definition) is 5. The maximum atomic E-state index is 11.4. The van der Waals surface area contributed by atoms with Gasteiger partial charge in [-0.25, -0.2) is 0 Å². The maximum Gasteiger partial charge on any atom is 0.262 e. The molecule has 0 bridgehead atoms. The lowest BCUT2D eigenvalue weighted by molar-refractivity contribution is 0.322. The second-order valence-corrected chi connectivity index (χ2v) is 2.66. The summed E-state index contributed by atoms with van der Waals surface area (Å²) >= 11 is 0. The van der Waals surface area contributed by atoms with Crippen molar-refractivity contribution in [3.05, 3.63) is 22.1 Å². The monoisotopic (exact) mass is 193 g/mol. The molecule has 0 spiro atoms. The molecule has 2 aromatic rings. The molecule has 0 amide bonds. The largest absolute Gasteiger partial charge is 0.411 e. The Hall–Kier alpha value is -2.31. The molecule has 2 rings (SSSR count). The van der Waals surface area contributed by atoms with Crippen LogP contribution in [0.15, 0.2) is 16.1 Å². The molecule has 0 unspecified atom stereocenters. The highest BCUT2D eigenvalue weighted by atomic mass is 16.4. The quantitative estimate of drug-likeness (QED) is 0.281. The van der Waals surface area contributed by atoms with Crippen LogP contribution < -0.4 is 11.3 Å². The van der Waals surface area contributed by atoms with E-state index in [0.717, 1.165) is 6.21 Å². The smallest absolute Gasteiger partial charge is 0.262 e. The summed E-state index contributed by atoms with van der Waals surface area (Å²) in [5.74, 6) is 0.0387. The summed E-state index contributed by atoms with van der Waals surface area (Å²) in [6, 6.07) is 0. The lowest BCUT2D eigenvalue weighted by atomic mass is 10.2. The first-order valence-electron chi connectivity index (χ1n) is 3.76. The maximum absolute atomic E-state index is 11.4. The van der Waals surface area contributed by atoms with Crippen molar-refractivity contribution in [2.75, 3.05) is 5.73 Å². The third-order valence-corrected chi connectivity index (χ3v) is 1.79. The Labute approximate surface area is 77.3 Å². The number of aromatic nitrogens is 3. The molecule has 5 N–H and O–H groups in total. The molecule has 14 heavy (non-hydrogen) atoms. The van der Waals surface area contributed by atoms with Crippen molar-refractivity contribution in [2.45, 2.75) is 0 Å². The van der Waals surface area contributed by atoms with Crippen LogP contribution in [0.25, 0.3) is 11.0 Å². The van der Waals surface area contributed by atoms with Crippen molar-refractivity contribution in [3.63, 3.8) is 0 Å². The van der Waals surface area contributed by atoms with Gasteiger partial charge >= 0.3 is 0 Å². The fourth-order valence-electron chi connectivity index (χ4n) is 1.25. The van der Waals surface area contributed by atoms with Crippen molar-refractivity contribution < 1.29 is 5.21 Å². The molecule has 0 aromatic carbocycles. The fourth-order valence-corrected chi connectivity index (χ4v) is 1.25. The van der Waals surface area contributed by atoms with Crippen LogP contribution in [-0.4, -0.2) is 26.4 Å². The van der Waals surface area contributed by atoms with Gasteiger partial charge in [-0.05, 0) is 0 Å². The van der Waals surface area contributed by atoms with Crippen LogP contribution in [0, 0.1) is 0 Å². The molecule has 0 fully saturated rings. The molecule has 0 aliphatic rings. The number of rotatable bonds is 1. The molecule has 0 aliphatic carbocycles. The topological polar surface area (TPSA) is 120 Å². The summed E-state index contributed by atoms with van der Waals surface area (Å²) in [5, 5.41) is 11.5. The first-order chi connectivity index (χ1) is 6.72. The Balaban J connectivity index is 2.86. The average molecular weight is 193 g/mol. The van der Waals surface area contributed by atoms with E-state index >= 15 is 0 Å². The molecular weight excluding hydrogens is 186 g/mol. The molecular formula is C7H7N5O2. The van der Waals surface area contributed by atoms with Gasteiger partial charge in [-0.1, -0.05) is 5.16 Å². The molecule has 2 heterocycles. The second-order valence-electron chi connectivity index (χ2n) is 2.66. The van der Waals surface area contributed by atoms with E-state index in [0.29, 0.717) is 16.6 Å². The number of fused-ring (bicyclic) bond motifs is 1. The summed E-state index contributed by atoms with van der Waals surface area (Å²) in [6.45, 7) is 0. The average Bonchev–Trinajstić information content (AvgIpc) is 2.49. The van der Waals surface area contributed by atoms with Crippen LogP contribution >= 0.6 is 0 Å². The van der Waals surface area contributed by atoms with Crippen molar-refractivity contribution in [1.82, 2.24) is 15.0 Å². The number of nitrogen functional groups attached to an aromatic ring is 1. The zero-order chi connectivity index (χ0) is 10.1. The molecule has 0 aliphatic heterocycles. The van der Waals surface area contributed by atoms with Gasteiger partial charge in [0.05, 0.1) is 11.6 Å². The van der Waals surface area contributed by atoms with Gasteiger partial charge in [0.25, 0.3) is 5.56 Å². The molecule has 2 aromatic heterocycles. The van der Waals surface area contributed by atoms with Crippen LogP contribution in [0.1, 0.15) is 5.56 Å². The number of nitrogens with two attached hydrogens (primary N) is 1. The van der Waals surface area contributed by atoms with E-state index in [-0.39, 0.29) is 11.5 Å². The minimum absolute atomic E-state index is 0.0387. The zero-order valence-corrected chi connectivity index (χ0v) is 6.98. The van der Waals surface area contributed by atoms with E-state index < -0.39 is 0 Å². The van der Waals surface area contributed by atoms with Crippen LogP contribution in [0.2, 0.25) is 0 Å². The fraction of sp³-hybridized carbons (Fsp3) is 0. The summed E-state index contributed by atoms with van der Waals surface area (Å²) in [7, 11) is 0. The predicted octanol–water partition coefficient (Wildman–Crippen LogP) is -0.358. The van der Waals surface area contributed by atoms with Crippen molar-refractivity contribution >= 4 is 23.2 Å². The SMILES string of the molecule is Nc1nc2[nH]cc(/C=N/O)c2c(=O)[nH]1. The first-order valence-corrected chi connectivity index (χ1v) is 3.76. The van der Waals surface area contributed by atoms with E-state index in [1.807, 2.05) is 0 Å². The number of anilines is 1. The third-order valence-electron chi connectivity index (χ3n) is 1.79. The van der Waals surface area contributed by atoms with E-state index in [9.17, 15) is 4.79 Å². The van der Waals surface area contributed by atoms with E-state index in [1.165, 1.54) is 6.20 Å². The van der Waals surface area contributed by atoms with Crippen molar-refractivity contribution in [3.8, 4) is 0 Å². The zero-order valence-electron chi connectivity index (χ0n) is 6.98. The van der Waals surface area contributed by atoms with Gasteiger partial charge in [-0.3, -0.25) is 9.78 Å². The summed E-state index contributed by atoms with van der Waals surface area (Å²) in [5.41, 5.74) is 5.78. The van der Waals surface area contributed by atoms with Gasteiger partial charge < -0.3 is 15.9 Å². The number of aromatic amines is 2. The Morgan fingerprint density at radius 2 is 2.43 bits per heavy atom. The Kier molecular flexibility index (Phi) is 1.70. The highest BCUT2D eigenvalue weighted by Gasteiger charge is 2.07. The number of oxime groups is 1. The summed E-state index contributed by atoms with van der Waals surface area (Å²) in [4.78, 5) is 20.4. The standard InChI is InChI=1S/C7H7N5O2/c8-7-11-5-4(6(13)12-7)3(1-9-5)2-10-14/h1-2,14H,(H4,8,9,11,12,13)/b10-2+. The minimum Gasteiger partial charge on any atom is -0.411 e. The summed E-state index contributed by atoms with van der Waals surface area (Å²) in [6.07, 6.45) is 2.65. The highest BCUT2D eigenvalue weighted by Crippen LogP contribution is 2.09. The molecule has 0 atom stereocenters. The van der Waals surface area contributed by atoms with Crippen LogP contribution in [0.4, 0.5) is 5.95 Å². The van der Waals surface area contributed by atoms with Gasteiger partial charge in [0, 0.05) is 11.8 Å². The Bertz CT molecular complexity index is 553. The van der Waals surface area contributed by atoms with Crippen molar-refractivity contribution in [1.29, 1.82) is 0 Å². The second kappa shape index (κ2) is 2.87. The molecule has 72 valence electrons. The highest BCUT2D eigenvalue weighted by molar-refractivity contribution is 5.97. The normalized spacial score (nSPS) is 11.4. The lowest BCUT2D eigenvalue weighted by Crippen LogP contribution is -2.11. The van der Waals surface area contributed by atoms with Gasteiger partial charge in [0.1, 0.15) is 5.65 Å². The number of nitrogens with one attached hydrogen (secondary N) is 2. The van der Waals surface area contributed by atoms with Crippen LogP contribution in [0.5, 0.6) is 0 Å². The van der Waals surface area contributed by atoms with Gasteiger partial charge in [-0.2, -0.15) is 4.98 Å². The Morgan fingerprint density at radius 1 is 1.64 bits per heavy atom. The first kappa shape index (κ1) is 8.30. The molecule has 0 radical (unpaired) electrons. The Morgan fingerprint density at radius 3 is 3.14 bits per heavy atom. The van der Waals surface area contributed by atoms with Gasteiger partial charge in [0.2, 0.25) is 5.95 Å². The van der Waals surface area contributed by atoms with E-state index in [2.05, 4.69) is 20.1 Å². The van der Waals surface area contributed by atoms with Crippen LogP contribution in [-0.2, 0) is 0 Å². The van der Waals surface area contributed by atoms with Crippen LogP contribution in [0.3, 0.4) is 0 Å². The molecule has 7 nitrogen and oxygen atoms in total. The molecule has 0 saturated carbocycles. The van der Waals surface area contributed by atoms with E-state index in [1.54, 1.807) is 0 Å². The number of hydrogen-bond donors (Lipinski definition) is 4. The van der Waals surface area contributed by atoms with Gasteiger partial charge in [-0.15, -0.1) is 0 Å². The van der Waals surface area contributed by atoms with Gasteiger partial charge in [0.15, 0.2) is 0 Å². The van der Waals surface area contributed by atoms with E-state index in [4.69, 9.17) is 10.9 Å². The lowest BCUT2D eigenvalue weighted by Gasteiger charge is -1.92. The molecule has 7 heteroatoms. The summed E-state index contributed by atoms with van der Waals surface area (Å²) < 4.78 is 0. The third kappa shape index (κ3) is 1.11. The number of nitrogens with zero attached hydrogens (tertiary/aromatic N) is 2. The predicted molar refractivity (Wildman–Crippen MR) is 50.5 cm³/mol. The molecule has 0 saturated heterocycles.